The summed E-state index contributed by atoms with van der Waals surface area (Å²) in [5.74, 6) is -2.30. The van der Waals surface area contributed by atoms with E-state index in [1.54, 1.807) is 31.2 Å². The first-order valence-electron chi connectivity index (χ1n) is 7.22. The molecule has 1 atom stereocenters. The number of carboxylic acid groups (broad SMARTS) is 1. The molecule has 2 aromatic carbocycles. The normalized spacial score (nSPS) is 11.8. The molecule has 0 radical (unpaired) electrons. The number of aryl methyl sites for hydroxylation is 2. The largest absolute Gasteiger partial charge is 0.481 e. The lowest BCUT2D eigenvalue weighted by Crippen LogP contribution is -2.31. The zero-order valence-electron chi connectivity index (χ0n) is 13.0. The smallest absolute Gasteiger partial charge is 0.305 e. The summed E-state index contributed by atoms with van der Waals surface area (Å²) in [6.07, 6.45) is -0.275. The number of hydrogen-bond acceptors (Lipinski definition) is 2. The van der Waals surface area contributed by atoms with Crippen molar-refractivity contribution < 1.29 is 19.1 Å². The second-order valence-electron chi connectivity index (χ2n) is 5.52. The van der Waals surface area contributed by atoms with Crippen LogP contribution in [0.2, 0.25) is 0 Å². The van der Waals surface area contributed by atoms with Crippen molar-refractivity contribution in [1.29, 1.82) is 0 Å². The number of benzene rings is 2. The molecule has 0 heterocycles. The van der Waals surface area contributed by atoms with Crippen molar-refractivity contribution in [3.63, 3.8) is 0 Å². The molecule has 0 bridgehead atoms. The number of halogens is 1. The third-order valence-electron chi connectivity index (χ3n) is 3.50. The molecule has 23 heavy (non-hydrogen) atoms. The molecule has 0 aliphatic carbocycles. The molecular formula is C18H18FNO3. The van der Waals surface area contributed by atoms with Gasteiger partial charge in [-0.2, -0.15) is 0 Å². The standard InChI is InChI=1S/C18H18FNO3/c1-11-4-3-5-13(8-11)16(10-17(21)22)20-18(23)14-9-12(2)6-7-15(14)19/h3-9,16H,10H2,1-2H3,(H,20,23)(H,21,22). The van der Waals surface area contributed by atoms with E-state index >= 15 is 0 Å². The van der Waals surface area contributed by atoms with Gasteiger partial charge in [0.15, 0.2) is 0 Å². The van der Waals surface area contributed by atoms with E-state index in [-0.39, 0.29) is 12.0 Å². The molecule has 0 aliphatic rings. The van der Waals surface area contributed by atoms with Crippen molar-refractivity contribution in [3.05, 3.63) is 70.5 Å². The fraction of sp³-hybridized carbons (Fsp3) is 0.222. The second kappa shape index (κ2) is 7.05. The van der Waals surface area contributed by atoms with Crippen LogP contribution < -0.4 is 5.32 Å². The number of carbonyl (C=O) groups excluding carboxylic acids is 1. The Labute approximate surface area is 134 Å². The molecule has 2 aromatic rings. The van der Waals surface area contributed by atoms with E-state index in [1.807, 2.05) is 13.0 Å². The highest BCUT2D eigenvalue weighted by molar-refractivity contribution is 5.95. The topological polar surface area (TPSA) is 66.4 Å². The molecule has 1 amide bonds. The number of carboxylic acids is 1. The van der Waals surface area contributed by atoms with Crippen LogP contribution in [0, 0.1) is 19.7 Å². The van der Waals surface area contributed by atoms with Crippen molar-refractivity contribution in [3.8, 4) is 0 Å². The van der Waals surface area contributed by atoms with Crippen molar-refractivity contribution >= 4 is 11.9 Å². The first kappa shape index (κ1) is 16.7. The van der Waals surface area contributed by atoms with Gasteiger partial charge in [-0.15, -0.1) is 0 Å². The monoisotopic (exact) mass is 315 g/mol. The highest BCUT2D eigenvalue weighted by atomic mass is 19.1. The first-order chi connectivity index (χ1) is 10.9. The van der Waals surface area contributed by atoms with Gasteiger partial charge >= 0.3 is 5.97 Å². The Bertz CT molecular complexity index is 743. The third kappa shape index (κ3) is 4.39. The van der Waals surface area contributed by atoms with Crippen LogP contribution in [0.1, 0.15) is 39.5 Å². The number of amides is 1. The van der Waals surface area contributed by atoms with Crippen molar-refractivity contribution in [2.45, 2.75) is 26.3 Å². The first-order valence-corrected chi connectivity index (χ1v) is 7.22. The van der Waals surface area contributed by atoms with Crippen molar-refractivity contribution in [2.24, 2.45) is 0 Å². The van der Waals surface area contributed by atoms with Crippen molar-refractivity contribution in [1.82, 2.24) is 5.32 Å². The van der Waals surface area contributed by atoms with Gasteiger partial charge in [0.1, 0.15) is 5.82 Å². The molecule has 120 valence electrons. The molecule has 0 saturated carbocycles. The number of rotatable bonds is 5. The average Bonchev–Trinajstić information content (AvgIpc) is 2.48. The second-order valence-corrected chi connectivity index (χ2v) is 5.52. The number of carbonyl (C=O) groups is 2. The van der Waals surface area contributed by atoms with Crippen LogP contribution in [0.5, 0.6) is 0 Å². The Balaban J connectivity index is 2.28. The Morgan fingerprint density at radius 3 is 2.48 bits per heavy atom. The molecule has 0 saturated heterocycles. The average molecular weight is 315 g/mol. The van der Waals surface area contributed by atoms with E-state index < -0.39 is 23.7 Å². The molecule has 0 aliphatic heterocycles. The lowest BCUT2D eigenvalue weighted by molar-refractivity contribution is -0.137. The van der Waals surface area contributed by atoms with Gasteiger partial charge in [0.2, 0.25) is 0 Å². The van der Waals surface area contributed by atoms with E-state index in [0.717, 1.165) is 11.1 Å². The van der Waals surface area contributed by atoms with Gasteiger partial charge in [-0.25, -0.2) is 4.39 Å². The van der Waals surface area contributed by atoms with Gasteiger partial charge in [0.05, 0.1) is 18.0 Å². The summed E-state index contributed by atoms with van der Waals surface area (Å²) >= 11 is 0. The zero-order valence-corrected chi connectivity index (χ0v) is 13.0. The molecule has 2 rings (SSSR count). The zero-order chi connectivity index (χ0) is 17.0. The summed E-state index contributed by atoms with van der Waals surface area (Å²) in [5.41, 5.74) is 2.29. The maximum absolute atomic E-state index is 13.8. The maximum atomic E-state index is 13.8. The van der Waals surface area contributed by atoms with Gasteiger partial charge in [0.25, 0.3) is 5.91 Å². The van der Waals surface area contributed by atoms with Crippen molar-refractivity contribution in [2.75, 3.05) is 0 Å². The van der Waals surface area contributed by atoms with E-state index in [2.05, 4.69) is 5.32 Å². The van der Waals surface area contributed by atoms with Crippen LogP contribution in [0.4, 0.5) is 4.39 Å². The molecule has 0 fully saturated rings. The van der Waals surface area contributed by atoms with Crippen LogP contribution in [-0.2, 0) is 4.79 Å². The summed E-state index contributed by atoms with van der Waals surface area (Å²) in [6.45, 7) is 3.63. The minimum Gasteiger partial charge on any atom is -0.481 e. The van der Waals surface area contributed by atoms with Crippen LogP contribution in [-0.4, -0.2) is 17.0 Å². The predicted octanol–water partition coefficient (Wildman–Crippen LogP) is 3.39. The number of hydrogen-bond donors (Lipinski definition) is 2. The fourth-order valence-electron chi connectivity index (χ4n) is 2.36. The SMILES string of the molecule is Cc1cccc(C(CC(=O)O)NC(=O)c2cc(C)ccc2F)c1. The van der Waals surface area contributed by atoms with E-state index in [1.165, 1.54) is 12.1 Å². The quantitative estimate of drug-likeness (QED) is 0.889. The number of aliphatic carboxylic acids is 1. The van der Waals surface area contributed by atoms with Crippen LogP contribution >= 0.6 is 0 Å². The third-order valence-corrected chi connectivity index (χ3v) is 3.50. The van der Waals surface area contributed by atoms with Crippen LogP contribution in [0.3, 0.4) is 0 Å². The Hall–Kier alpha value is -2.69. The summed E-state index contributed by atoms with van der Waals surface area (Å²) in [5, 5.41) is 11.7. The maximum Gasteiger partial charge on any atom is 0.305 e. The van der Waals surface area contributed by atoms with E-state index in [0.29, 0.717) is 5.56 Å². The van der Waals surface area contributed by atoms with Crippen LogP contribution in [0.25, 0.3) is 0 Å². The molecular weight excluding hydrogens is 297 g/mol. The Morgan fingerprint density at radius 1 is 1.13 bits per heavy atom. The molecule has 2 N–H and O–H groups in total. The molecule has 4 nitrogen and oxygen atoms in total. The lowest BCUT2D eigenvalue weighted by atomic mass is 10.0. The predicted molar refractivity (Wildman–Crippen MR) is 84.8 cm³/mol. The van der Waals surface area contributed by atoms with E-state index in [4.69, 9.17) is 5.11 Å². The van der Waals surface area contributed by atoms with E-state index in [9.17, 15) is 14.0 Å². The molecule has 5 heteroatoms. The van der Waals surface area contributed by atoms with Crippen LogP contribution in [0.15, 0.2) is 42.5 Å². The Morgan fingerprint density at radius 2 is 1.83 bits per heavy atom. The van der Waals surface area contributed by atoms with Gasteiger partial charge in [-0.1, -0.05) is 41.5 Å². The number of nitrogens with one attached hydrogen (secondary N) is 1. The molecule has 0 aromatic heterocycles. The Kier molecular flexibility index (Phi) is 5.11. The highest BCUT2D eigenvalue weighted by Crippen LogP contribution is 2.20. The van der Waals surface area contributed by atoms with Gasteiger partial charge in [-0.3, -0.25) is 9.59 Å². The summed E-state index contributed by atoms with van der Waals surface area (Å²) in [4.78, 5) is 23.4. The van der Waals surface area contributed by atoms with Gasteiger partial charge in [0, 0.05) is 0 Å². The van der Waals surface area contributed by atoms with Gasteiger partial charge < -0.3 is 10.4 Å². The minimum absolute atomic E-state index is 0.0898. The fourth-order valence-corrected chi connectivity index (χ4v) is 2.36. The molecule has 0 spiro atoms. The lowest BCUT2D eigenvalue weighted by Gasteiger charge is -2.18. The summed E-state index contributed by atoms with van der Waals surface area (Å²) < 4.78 is 13.8. The summed E-state index contributed by atoms with van der Waals surface area (Å²) in [7, 11) is 0. The highest BCUT2D eigenvalue weighted by Gasteiger charge is 2.21. The molecule has 1 unspecified atom stereocenters. The minimum atomic E-state index is -1.04. The summed E-state index contributed by atoms with van der Waals surface area (Å²) in [6, 6.07) is 10.7. The van der Waals surface area contributed by atoms with Gasteiger partial charge in [-0.05, 0) is 31.5 Å².